The molecule has 1 aliphatic carbocycles. The minimum atomic E-state index is 0.587. The lowest BCUT2D eigenvalue weighted by atomic mass is 10.1. The Balaban J connectivity index is 2.26. The maximum absolute atomic E-state index is 2.40. The van der Waals surface area contributed by atoms with E-state index in [0.29, 0.717) is 5.41 Å². The highest BCUT2D eigenvalue weighted by atomic mass is 15.1. The summed E-state index contributed by atoms with van der Waals surface area (Å²) in [6, 6.07) is 4.43. The molecule has 3 rings (SSSR count). The van der Waals surface area contributed by atoms with Gasteiger partial charge in [-0.1, -0.05) is 6.92 Å². The van der Waals surface area contributed by atoms with Gasteiger partial charge in [0, 0.05) is 23.9 Å². The first kappa shape index (κ1) is 5.00. The molecule has 1 aliphatic heterocycles. The molecule has 0 radical (unpaired) electrons. The van der Waals surface area contributed by atoms with Gasteiger partial charge in [-0.05, 0) is 24.5 Å². The largest absolute Gasteiger partial charge is 0.351 e. The summed E-state index contributed by atoms with van der Waals surface area (Å²) in [5.74, 6) is 0.976. The molecule has 0 amide bonds. The predicted molar refractivity (Wildman–Crippen MR) is 39.9 cm³/mol. The normalized spacial score (nSPS) is 41.1. The second-order valence-electron chi connectivity index (χ2n) is 3.86. The molecule has 0 saturated heterocycles. The van der Waals surface area contributed by atoms with Gasteiger partial charge in [-0.3, -0.25) is 0 Å². The number of nitrogens with zero attached hydrogens (tertiary/aromatic N) is 1. The zero-order chi connectivity index (χ0) is 6.77. The number of rotatable bonds is 0. The summed E-state index contributed by atoms with van der Waals surface area (Å²) in [7, 11) is 0. The lowest BCUT2D eigenvalue weighted by molar-refractivity contribution is 0.664. The van der Waals surface area contributed by atoms with Crippen molar-refractivity contribution in [3.8, 4) is 0 Å². The minimum Gasteiger partial charge on any atom is -0.351 e. The molecular formula is C9H11N. The van der Waals surface area contributed by atoms with Crippen LogP contribution in [0.3, 0.4) is 0 Å². The van der Waals surface area contributed by atoms with E-state index in [4.69, 9.17) is 0 Å². The third-order valence-electron chi connectivity index (χ3n) is 3.24. The van der Waals surface area contributed by atoms with Crippen LogP contribution in [0, 0.1) is 5.92 Å². The van der Waals surface area contributed by atoms with Crippen molar-refractivity contribution in [2.24, 2.45) is 5.92 Å². The van der Waals surface area contributed by atoms with Gasteiger partial charge >= 0.3 is 0 Å². The summed E-state index contributed by atoms with van der Waals surface area (Å²) in [6.45, 7) is 3.66. The Kier molecular flexibility index (Phi) is 0.590. The Labute approximate surface area is 60.7 Å². The Morgan fingerprint density at radius 1 is 1.70 bits per heavy atom. The molecule has 1 aromatic rings. The zero-order valence-electron chi connectivity index (χ0n) is 6.17. The molecule has 52 valence electrons. The first-order valence-corrected chi connectivity index (χ1v) is 3.96. The molecule has 1 fully saturated rings. The van der Waals surface area contributed by atoms with Gasteiger partial charge in [0.25, 0.3) is 0 Å². The highest BCUT2D eigenvalue weighted by Crippen LogP contribution is 2.58. The lowest BCUT2D eigenvalue weighted by Crippen LogP contribution is -2.00. The number of hydrogen-bond acceptors (Lipinski definition) is 0. The molecule has 1 aromatic heterocycles. The fraction of sp³-hybridized carbons (Fsp3) is 0.556. The van der Waals surface area contributed by atoms with Crippen LogP contribution in [0.4, 0.5) is 0 Å². The zero-order valence-corrected chi connectivity index (χ0v) is 6.17. The molecule has 0 aromatic carbocycles. The second-order valence-corrected chi connectivity index (χ2v) is 3.86. The first-order chi connectivity index (χ1) is 4.81. The van der Waals surface area contributed by atoms with Gasteiger partial charge in [0.2, 0.25) is 0 Å². The van der Waals surface area contributed by atoms with Crippen LogP contribution in [0.15, 0.2) is 18.3 Å². The van der Waals surface area contributed by atoms with Crippen LogP contribution in [0.5, 0.6) is 0 Å². The summed E-state index contributed by atoms with van der Waals surface area (Å²) < 4.78 is 2.40. The van der Waals surface area contributed by atoms with Gasteiger partial charge in [0.1, 0.15) is 0 Å². The van der Waals surface area contributed by atoms with E-state index < -0.39 is 0 Å². The Morgan fingerprint density at radius 3 is 3.40 bits per heavy atom. The van der Waals surface area contributed by atoms with Gasteiger partial charge in [0.05, 0.1) is 0 Å². The maximum Gasteiger partial charge on any atom is 0.0260 e. The van der Waals surface area contributed by atoms with Crippen LogP contribution < -0.4 is 0 Å². The van der Waals surface area contributed by atoms with Gasteiger partial charge < -0.3 is 4.57 Å². The molecule has 1 saturated carbocycles. The van der Waals surface area contributed by atoms with E-state index in [1.165, 1.54) is 13.0 Å². The number of hydrogen-bond donors (Lipinski definition) is 0. The standard InChI is InChI=1S/C9H11N/c1-9-5-7(9)6-10-4-2-3-8(9)10/h2-4,7H,5-6H2,1H3. The van der Waals surface area contributed by atoms with E-state index in [9.17, 15) is 0 Å². The molecular weight excluding hydrogens is 122 g/mol. The monoisotopic (exact) mass is 133 g/mol. The minimum absolute atomic E-state index is 0.587. The molecule has 2 atom stereocenters. The first-order valence-electron chi connectivity index (χ1n) is 3.96. The van der Waals surface area contributed by atoms with E-state index in [0.717, 1.165) is 5.92 Å². The third kappa shape index (κ3) is 0.359. The van der Waals surface area contributed by atoms with Crippen LogP contribution >= 0.6 is 0 Å². The van der Waals surface area contributed by atoms with Crippen LogP contribution in [0.25, 0.3) is 0 Å². The Hall–Kier alpha value is -0.720. The fourth-order valence-electron chi connectivity index (χ4n) is 2.36. The Bertz CT molecular complexity index is 287. The van der Waals surface area contributed by atoms with E-state index >= 15 is 0 Å². The predicted octanol–water partition coefficient (Wildman–Crippen LogP) is 1.78. The summed E-state index contributed by atoms with van der Waals surface area (Å²) in [5, 5.41) is 0. The van der Waals surface area contributed by atoms with Crippen molar-refractivity contribution in [1.29, 1.82) is 0 Å². The van der Waals surface area contributed by atoms with E-state index in [2.05, 4.69) is 29.8 Å². The van der Waals surface area contributed by atoms with Crippen molar-refractivity contribution in [2.75, 3.05) is 0 Å². The van der Waals surface area contributed by atoms with Crippen molar-refractivity contribution < 1.29 is 0 Å². The second kappa shape index (κ2) is 1.18. The van der Waals surface area contributed by atoms with Gasteiger partial charge in [-0.25, -0.2) is 0 Å². The molecule has 0 spiro atoms. The van der Waals surface area contributed by atoms with Crippen molar-refractivity contribution in [3.05, 3.63) is 24.0 Å². The van der Waals surface area contributed by atoms with E-state index in [-0.39, 0.29) is 0 Å². The van der Waals surface area contributed by atoms with Gasteiger partial charge in [-0.15, -0.1) is 0 Å². The van der Waals surface area contributed by atoms with Crippen molar-refractivity contribution in [3.63, 3.8) is 0 Å². The van der Waals surface area contributed by atoms with E-state index in [1.54, 1.807) is 5.69 Å². The molecule has 2 aliphatic rings. The lowest BCUT2D eigenvalue weighted by Gasteiger charge is -2.03. The summed E-state index contributed by atoms with van der Waals surface area (Å²) in [4.78, 5) is 0. The molecule has 0 N–H and O–H groups in total. The van der Waals surface area contributed by atoms with Crippen LogP contribution in [-0.4, -0.2) is 4.57 Å². The van der Waals surface area contributed by atoms with Gasteiger partial charge in [-0.2, -0.15) is 0 Å². The van der Waals surface area contributed by atoms with Crippen molar-refractivity contribution in [1.82, 2.24) is 4.57 Å². The summed E-state index contributed by atoms with van der Waals surface area (Å²) in [5.41, 5.74) is 2.15. The van der Waals surface area contributed by atoms with Crippen LogP contribution in [-0.2, 0) is 12.0 Å². The SMILES string of the molecule is CC12CC1Cn1cccc12. The maximum atomic E-state index is 2.40. The van der Waals surface area contributed by atoms with Gasteiger partial charge in [0.15, 0.2) is 0 Å². The van der Waals surface area contributed by atoms with Crippen LogP contribution in [0.2, 0.25) is 0 Å². The Morgan fingerprint density at radius 2 is 2.60 bits per heavy atom. The highest BCUT2D eigenvalue weighted by Gasteiger charge is 2.56. The number of fused-ring (bicyclic) bond motifs is 3. The molecule has 1 nitrogen and oxygen atoms in total. The van der Waals surface area contributed by atoms with E-state index in [1.807, 2.05) is 0 Å². The molecule has 1 heteroatoms. The topological polar surface area (TPSA) is 4.93 Å². The summed E-state index contributed by atoms with van der Waals surface area (Å²) in [6.07, 6.45) is 3.63. The highest BCUT2D eigenvalue weighted by molar-refractivity contribution is 5.32. The number of aromatic nitrogens is 1. The van der Waals surface area contributed by atoms with Crippen molar-refractivity contribution in [2.45, 2.75) is 25.3 Å². The molecule has 2 unspecified atom stereocenters. The molecule has 0 bridgehead atoms. The smallest absolute Gasteiger partial charge is 0.0260 e. The molecule has 2 heterocycles. The van der Waals surface area contributed by atoms with Crippen LogP contribution in [0.1, 0.15) is 19.0 Å². The average molecular weight is 133 g/mol. The molecule has 10 heavy (non-hydrogen) atoms. The third-order valence-corrected chi connectivity index (χ3v) is 3.24. The summed E-state index contributed by atoms with van der Waals surface area (Å²) >= 11 is 0. The average Bonchev–Trinajstić information content (AvgIpc) is 2.35. The fourth-order valence-corrected chi connectivity index (χ4v) is 2.36. The van der Waals surface area contributed by atoms with Crippen molar-refractivity contribution >= 4 is 0 Å². The quantitative estimate of drug-likeness (QED) is 0.508.